The number of rotatable bonds is 6. The van der Waals surface area contributed by atoms with Crippen molar-refractivity contribution in [3.8, 4) is 6.07 Å². The smallest absolute Gasteiger partial charge is 0.125 e. The van der Waals surface area contributed by atoms with Gasteiger partial charge in [-0.25, -0.2) is 0 Å². The van der Waals surface area contributed by atoms with Crippen LogP contribution in [-0.2, 0) is 0 Å². The molecule has 0 aliphatic rings. The Morgan fingerprint density at radius 3 is 1.95 bits per heavy atom. The van der Waals surface area contributed by atoms with Crippen LogP contribution in [0.15, 0.2) is 24.3 Å². The number of benzene rings is 1. The Morgan fingerprint density at radius 2 is 1.58 bits per heavy atom. The van der Waals surface area contributed by atoms with Crippen LogP contribution in [-0.4, -0.2) is 5.54 Å². The summed E-state index contributed by atoms with van der Waals surface area (Å²) in [6.45, 7) is 8.60. The molecule has 1 aromatic carbocycles. The molecule has 2 nitrogen and oxygen atoms in total. The highest BCUT2D eigenvalue weighted by atomic mass is 35.5. The Bertz CT molecular complexity index is 419. The minimum absolute atomic E-state index is 0.471. The summed E-state index contributed by atoms with van der Waals surface area (Å²) in [5.74, 6) is 0.941. The van der Waals surface area contributed by atoms with Gasteiger partial charge in [-0.3, -0.25) is 0 Å². The summed E-state index contributed by atoms with van der Waals surface area (Å²) in [4.78, 5) is 0. The van der Waals surface area contributed by atoms with E-state index in [-0.39, 0.29) is 0 Å². The normalized spacial score (nSPS) is 11.7. The Kier molecular flexibility index (Phi) is 5.69. The van der Waals surface area contributed by atoms with Crippen molar-refractivity contribution in [2.24, 2.45) is 11.8 Å². The first kappa shape index (κ1) is 15.9. The Morgan fingerprint density at radius 1 is 1.11 bits per heavy atom. The minimum Gasteiger partial charge on any atom is -0.367 e. The van der Waals surface area contributed by atoms with Gasteiger partial charge < -0.3 is 5.32 Å². The molecular weight excluding hydrogens is 256 g/mol. The van der Waals surface area contributed by atoms with Gasteiger partial charge >= 0.3 is 0 Å². The second-order valence-electron chi connectivity index (χ2n) is 6.02. The van der Waals surface area contributed by atoms with Gasteiger partial charge in [0.05, 0.1) is 6.07 Å². The van der Waals surface area contributed by atoms with Gasteiger partial charge in [0, 0.05) is 10.7 Å². The van der Waals surface area contributed by atoms with Crippen LogP contribution >= 0.6 is 11.6 Å². The lowest BCUT2D eigenvalue weighted by molar-refractivity contribution is 0.376. The second-order valence-corrected chi connectivity index (χ2v) is 6.46. The molecular formula is C16H23ClN2. The zero-order valence-electron chi connectivity index (χ0n) is 12.2. The van der Waals surface area contributed by atoms with Crippen LogP contribution in [0.3, 0.4) is 0 Å². The van der Waals surface area contributed by atoms with Gasteiger partial charge in [0.2, 0.25) is 0 Å². The monoisotopic (exact) mass is 278 g/mol. The van der Waals surface area contributed by atoms with E-state index in [1.807, 2.05) is 24.3 Å². The topological polar surface area (TPSA) is 35.8 Å². The molecule has 1 rings (SSSR count). The predicted octanol–water partition coefficient (Wildman–Crippen LogP) is 5.11. The van der Waals surface area contributed by atoms with Gasteiger partial charge in [-0.2, -0.15) is 5.26 Å². The average Bonchev–Trinajstić information content (AvgIpc) is 2.30. The lowest BCUT2D eigenvalue weighted by Crippen LogP contribution is -2.39. The third kappa shape index (κ3) is 5.12. The van der Waals surface area contributed by atoms with E-state index < -0.39 is 5.54 Å². The van der Waals surface area contributed by atoms with Gasteiger partial charge in [0.1, 0.15) is 5.54 Å². The van der Waals surface area contributed by atoms with Crippen molar-refractivity contribution in [1.82, 2.24) is 0 Å². The molecule has 0 atom stereocenters. The number of hydrogen-bond acceptors (Lipinski definition) is 2. The fourth-order valence-electron chi connectivity index (χ4n) is 2.51. The summed E-state index contributed by atoms with van der Waals surface area (Å²) in [6.07, 6.45) is 1.68. The standard InChI is InChI=1S/C16H23ClN2/c1-12(2)9-16(11-18,10-13(3)4)19-15-7-5-14(17)6-8-15/h5-8,12-13,19H,9-10H2,1-4H3. The van der Waals surface area contributed by atoms with Crippen molar-refractivity contribution in [2.45, 2.75) is 46.1 Å². The van der Waals surface area contributed by atoms with Crippen LogP contribution in [0.5, 0.6) is 0 Å². The van der Waals surface area contributed by atoms with Crippen LogP contribution in [0, 0.1) is 23.2 Å². The highest BCUT2D eigenvalue weighted by Crippen LogP contribution is 2.29. The lowest BCUT2D eigenvalue weighted by atomic mass is 9.82. The summed E-state index contributed by atoms with van der Waals surface area (Å²) in [6, 6.07) is 10.0. The molecule has 1 aromatic rings. The first-order valence-electron chi connectivity index (χ1n) is 6.82. The molecule has 0 radical (unpaired) electrons. The maximum atomic E-state index is 9.65. The van der Waals surface area contributed by atoms with Crippen LogP contribution in [0.2, 0.25) is 5.02 Å². The third-order valence-corrected chi connectivity index (χ3v) is 3.21. The molecule has 0 unspecified atom stereocenters. The van der Waals surface area contributed by atoms with Crippen LogP contribution in [0.1, 0.15) is 40.5 Å². The highest BCUT2D eigenvalue weighted by molar-refractivity contribution is 6.30. The fourth-order valence-corrected chi connectivity index (χ4v) is 2.63. The number of nitriles is 1. The van der Waals surface area contributed by atoms with E-state index >= 15 is 0 Å². The molecule has 0 bridgehead atoms. The molecule has 0 spiro atoms. The van der Waals surface area contributed by atoms with Crippen molar-refractivity contribution in [3.05, 3.63) is 29.3 Å². The van der Waals surface area contributed by atoms with Crippen molar-refractivity contribution in [2.75, 3.05) is 5.32 Å². The zero-order chi connectivity index (χ0) is 14.5. The predicted molar refractivity (Wildman–Crippen MR) is 82.3 cm³/mol. The first-order valence-corrected chi connectivity index (χ1v) is 7.19. The molecule has 0 heterocycles. The number of nitrogens with one attached hydrogen (secondary N) is 1. The summed E-state index contributed by atoms with van der Waals surface area (Å²) >= 11 is 5.89. The number of anilines is 1. The highest BCUT2D eigenvalue weighted by Gasteiger charge is 2.31. The van der Waals surface area contributed by atoms with E-state index in [2.05, 4.69) is 39.1 Å². The van der Waals surface area contributed by atoms with E-state index in [4.69, 9.17) is 11.6 Å². The number of halogens is 1. The largest absolute Gasteiger partial charge is 0.367 e. The van der Waals surface area contributed by atoms with Gasteiger partial charge in [-0.15, -0.1) is 0 Å². The van der Waals surface area contributed by atoms with Crippen molar-refractivity contribution in [3.63, 3.8) is 0 Å². The molecule has 3 heteroatoms. The summed E-state index contributed by atoms with van der Waals surface area (Å²) in [7, 11) is 0. The molecule has 1 N–H and O–H groups in total. The SMILES string of the molecule is CC(C)CC(C#N)(CC(C)C)Nc1ccc(Cl)cc1. The van der Waals surface area contributed by atoms with E-state index in [0.717, 1.165) is 18.5 Å². The van der Waals surface area contributed by atoms with Gasteiger partial charge in [-0.1, -0.05) is 39.3 Å². The summed E-state index contributed by atoms with van der Waals surface area (Å²) in [5, 5.41) is 13.8. The summed E-state index contributed by atoms with van der Waals surface area (Å²) in [5.41, 5.74) is 0.447. The maximum Gasteiger partial charge on any atom is 0.125 e. The minimum atomic E-state index is -0.504. The Balaban J connectivity index is 2.95. The molecule has 0 saturated carbocycles. The van der Waals surface area contributed by atoms with E-state index in [9.17, 15) is 5.26 Å². The molecule has 0 fully saturated rings. The molecule has 19 heavy (non-hydrogen) atoms. The average molecular weight is 279 g/mol. The molecule has 0 aliphatic heterocycles. The molecule has 0 saturated heterocycles. The Hall–Kier alpha value is -1.20. The lowest BCUT2D eigenvalue weighted by Gasteiger charge is -2.32. The molecule has 104 valence electrons. The van der Waals surface area contributed by atoms with Gasteiger partial charge in [0.25, 0.3) is 0 Å². The number of nitrogens with zero attached hydrogens (tertiary/aromatic N) is 1. The maximum absolute atomic E-state index is 9.65. The van der Waals surface area contributed by atoms with E-state index in [1.54, 1.807) is 0 Å². The zero-order valence-corrected chi connectivity index (χ0v) is 13.0. The molecule has 0 aliphatic carbocycles. The van der Waals surface area contributed by atoms with Gasteiger partial charge in [0.15, 0.2) is 0 Å². The fraction of sp³-hybridized carbons (Fsp3) is 0.562. The first-order chi connectivity index (χ1) is 8.87. The summed E-state index contributed by atoms with van der Waals surface area (Å²) < 4.78 is 0. The van der Waals surface area contributed by atoms with Crippen molar-refractivity contribution < 1.29 is 0 Å². The number of hydrogen-bond donors (Lipinski definition) is 1. The van der Waals surface area contributed by atoms with E-state index in [1.165, 1.54) is 0 Å². The van der Waals surface area contributed by atoms with Crippen molar-refractivity contribution in [1.29, 1.82) is 5.26 Å². The molecule has 0 aromatic heterocycles. The Labute approximate surface area is 121 Å². The quantitative estimate of drug-likeness (QED) is 0.785. The third-order valence-electron chi connectivity index (χ3n) is 2.96. The second kappa shape index (κ2) is 6.82. The van der Waals surface area contributed by atoms with Gasteiger partial charge in [-0.05, 0) is 48.9 Å². The van der Waals surface area contributed by atoms with Crippen LogP contribution < -0.4 is 5.32 Å². The van der Waals surface area contributed by atoms with Crippen LogP contribution in [0.25, 0.3) is 0 Å². The van der Waals surface area contributed by atoms with E-state index in [0.29, 0.717) is 16.9 Å². The van der Waals surface area contributed by atoms with Crippen molar-refractivity contribution >= 4 is 17.3 Å². The molecule has 0 amide bonds. The van der Waals surface area contributed by atoms with Crippen LogP contribution in [0.4, 0.5) is 5.69 Å².